The molecule has 0 unspecified atom stereocenters. The lowest BCUT2D eigenvalue weighted by molar-refractivity contribution is 0.0580. The lowest BCUT2D eigenvalue weighted by Crippen LogP contribution is -2.26. The van der Waals surface area contributed by atoms with Gasteiger partial charge in [0, 0.05) is 15.6 Å². The first-order valence-corrected chi connectivity index (χ1v) is 11.0. The average Bonchev–Trinajstić information content (AvgIpc) is 2.77. The number of fused-ring (bicyclic) bond motifs is 3. The Kier molecular flexibility index (Phi) is 5.70. The molecule has 3 aromatic rings. The van der Waals surface area contributed by atoms with E-state index in [-0.39, 0.29) is 29.1 Å². The minimum atomic E-state index is -0.692. The second kappa shape index (κ2) is 8.32. The van der Waals surface area contributed by atoms with Gasteiger partial charge in [0.25, 0.3) is 0 Å². The summed E-state index contributed by atoms with van der Waals surface area (Å²) >= 11 is 3.33. The van der Waals surface area contributed by atoms with Crippen molar-refractivity contribution >= 4 is 44.2 Å². The molecule has 160 valence electrons. The summed E-state index contributed by atoms with van der Waals surface area (Å²) in [6, 6.07) is 12.2. The normalized spacial score (nSPS) is 13.4. The summed E-state index contributed by atoms with van der Waals surface area (Å²) in [5.74, 6) is -1.69. The van der Waals surface area contributed by atoms with Gasteiger partial charge in [-0.1, -0.05) is 34.1 Å². The Morgan fingerprint density at radius 2 is 1.69 bits per heavy atom. The van der Waals surface area contributed by atoms with E-state index in [0.29, 0.717) is 11.1 Å². The van der Waals surface area contributed by atoms with Gasteiger partial charge in [0.05, 0.1) is 11.1 Å². The van der Waals surface area contributed by atoms with Crippen LogP contribution in [0.25, 0.3) is 10.8 Å². The molecule has 0 fully saturated rings. The van der Waals surface area contributed by atoms with E-state index in [1.54, 1.807) is 30.3 Å². The molecule has 0 saturated heterocycles. The van der Waals surface area contributed by atoms with E-state index in [0.717, 1.165) is 31.9 Å². The highest BCUT2D eigenvalue weighted by atomic mass is 79.9. The number of carbonyl (C=O) groups is 3. The summed E-state index contributed by atoms with van der Waals surface area (Å²) in [5, 5.41) is 1.63. The molecule has 0 saturated carbocycles. The van der Waals surface area contributed by atoms with Crippen LogP contribution in [-0.4, -0.2) is 17.5 Å². The van der Waals surface area contributed by atoms with Crippen LogP contribution in [-0.2, 0) is 4.74 Å². The number of ketones is 2. The Hall–Kier alpha value is -3.31. The first-order valence-electron chi connectivity index (χ1n) is 10.2. The van der Waals surface area contributed by atoms with Crippen LogP contribution in [0.5, 0.6) is 0 Å². The van der Waals surface area contributed by atoms with Crippen LogP contribution in [0.4, 0.5) is 0 Å². The molecule has 4 nitrogen and oxygen atoms in total. The maximum absolute atomic E-state index is 13.7. The van der Waals surface area contributed by atoms with Gasteiger partial charge in [-0.3, -0.25) is 9.59 Å². The summed E-state index contributed by atoms with van der Waals surface area (Å²) in [7, 11) is 0. The maximum Gasteiger partial charge on any atom is 0.343 e. The zero-order valence-corrected chi connectivity index (χ0v) is 19.6. The van der Waals surface area contributed by atoms with Crippen LogP contribution in [0.2, 0.25) is 0 Å². The highest BCUT2D eigenvalue weighted by Gasteiger charge is 2.36. The zero-order chi connectivity index (χ0) is 23.2. The molecule has 0 radical (unpaired) electrons. The minimum absolute atomic E-state index is 0.122. The lowest BCUT2D eigenvalue weighted by Gasteiger charge is -2.23. The second-order valence-corrected chi connectivity index (χ2v) is 8.82. The van der Waals surface area contributed by atoms with Crippen LogP contribution >= 0.6 is 15.9 Å². The summed E-state index contributed by atoms with van der Waals surface area (Å²) < 4.78 is 6.38. The number of carbonyl (C=O) groups excluding carboxylic acids is 3. The Morgan fingerprint density at radius 1 is 1.00 bits per heavy atom. The Morgan fingerprint density at radius 3 is 2.34 bits per heavy atom. The SMILES string of the molecule is C=CCC1=C(OC(=O)c2ccc(Br)cc2)C(=O)c2c(ccc3c(C)c(C)cc(C)c23)C1=O. The van der Waals surface area contributed by atoms with Crippen molar-refractivity contribution in [1.29, 1.82) is 0 Å². The molecular weight excluding hydrogens is 468 g/mol. The van der Waals surface area contributed by atoms with Crippen molar-refractivity contribution in [2.75, 3.05) is 0 Å². The monoisotopic (exact) mass is 488 g/mol. The number of benzene rings is 3. The fourth-order valence-corrected chi connectivity index (χ4v) is 4.42. The fourth-order valence-electron chi connectivity index (χ4n) is 4.16. The van der Waals surface area contributed by atoms with Crippen molar-refractivity contribution in [3.05, 3.63) is 104 Å². The molecule has 0 bridgehead atoms. The first-order chi connectivity index (χ1) is 15.2. The Bertz CT molecular complexity index is 1360. The molecule has 0 amide bonds. The number of halogens is 1. The third kappa shape index (κ3) is 3.53. The quantitative estimate of drug-likeness (QED) is 0.306. The molecule has 0 heterocycles. The maximum atomic E-state index is 13.7. The van der Waals surface area contributed by atoms with E-state index in [4.69, 9.17) is 4.74 Å². The fraction of sp³-hybridized carbons (Fsp3) is 0.148. The van der Waals surface area contributed by atoms with Gasteiger partial charge < -0.3 is 4.74 Å². The molecule has 32 heavy (non-hydrogen) atoms. The third-order valence-electron chi connectivity index (χ3n) is 5.88. The van der Waals surface area contributed by atoms with E-state index in [2.05, 4.69) is 22.5 Å². The molecule has 0 spiro atoms. The van der Waals surface area contributed by atoms with Crippen LogP contribution in [0, 0.1) is 20.8 Å². The number of Topliss-reactive ketones (excluding diaryl/α,β-unsaturated/α-hetero) is 2. The summed E-state index contributed by atoms with van der Waals surface area (Å²) in [6.07, 6.45) is 1.65. The van der Waals surface area contributed by atoms with Gasteiger partial charge in [0.1, 0.15) is 0 Å². The van der Waals surface area contributed by atoms with E-state index in [9.17, 15) is 14.4 Å². The first kappa shape index (κ1) is 21.9. The average molecular weight is 489 g/mol. The number of ether oxygens (including phenoxy) is 1. The highest BCUT2D eigenvalue weighted by molar-refractivity contribution is 9.10. The van der Waals surface area contributed by atoms with E-state index in [1.807, 2.05) is 32.9 Å². The molecule has 0 N–H and O–H groups in total. The van der Waals surface area contributed by atoms with Crippen molar-refractivity contribution in [2.24, 2.45) is 0 Å². The summed E-state index contributed by atoms with van der Waals surface area (Å²) in [5.41, 5.74) is 4.09. The van der Waals surface area contributed by atoms with Crippen molar-refractivity contribution in [3.63, 3.8) is 0 Å². The number of rotatable bonds is 4. The van der Waals surface area contributed by atoms with Crippen LogP contribution in [0.1, 0.15) is 54.2 Å². The second-order valence-electron chi connectivity index (χ2n) is 7.90. The molecule has 0 aromatic heterocycles. The van der Waals surface area contributed by atoms with Crippen molar-refractivity contribution in [3.8, 4) is 0 Å². The van der Waals surface area contributed by atoms with Crippen LogP contribution in [0.3, 0.4) is 0 Å². The molecule has 1 aliphatic rings. The van der Waals surface area contributed by atoms with Gasteiger partial charge in [0.2, 0.25) is 5.78 Å². The molecule has 0 atom stereocenters. The predicted octanol–water partition coefficient (Wildman–Crippen LogP) is 6.59. The van der Waals surface area contributed by atoms with E-state index >= 15 is 0 Å². The van der Waals surface area contributed by atoms with E-state index in [1.165, 1.54) is 6.08 Å². The van der Waals surface area contributed by atoms with Crippen molar-refractivity contribution < 1.29 is 19.1 Å². The van der Waals surface area contributed by atoms with Gasteiger partial charge in [-0.05, 0) is 85.0 Å². The predicted molar refractivity (Wildman–Crippen MR) is 128 cm³/mol. The van der Waals surface area contributed by atoms with Crippen molar-refractivity contribution in [1.82, 2.24) is 0 Å². The summed E-state index contributed by atoms with van der Waals surface area (Å²) in [6.45, 7) is 9.62. The number of aryl methyl sites for hydroxylation is 3. The molecule has 0 aliphatic heterocycles. The smallest absolute Gasteiger partial charge is 0.343 e. The number of hydrogen-bond donors (Lipinski definition) is 0. The Labute approximate surface area is 194 Å². The number of allylic oxidation sites excluding steroid dienone is 3. The lowest BCUT2D eigenvalue weighted by atomic mass is 9.81. The van der Waals surface area contributed by atoms with Gasteiger partial charge in [-0.15, -0.1) is 6.58 Å². The molecule has 4 rings (SSSR count). The van der Waals surface area contributed by atoms with Gasteiger partial charge in [-0.25, -0.2) is 4.79 Å². The molecular formula is C27H21BrO4. The third-order valence-corrected chi connectivity index (χ3v) is 6.41. The standard InChI is InChI=1S/C27H21BrO4/c1-5-6-21-24(29)20-12-11-19-16(4)14(2)13-15(3)22(19)23(20)25(30)26(21)32-27(31)17-7-9-18(28)10-8-17/h5,7-13H,1,6H2,2-4H3. The Balaban J connectivity index is 1.91. The topological polar surface area (TPSA) is 60.4 Å². The summed E-state index contributed by atoms with van der Waals surface area (Å²) in [4.78, 5) is 39.9. The highest BCUT2D eigenvalue weighted by Crippen LogP contribution is 2.37. The molecule has 3 aromatic carbocycles. The van der Waals surface area contributed by atoms with Crippen molar-refractivity contribution in [2.45, 2.75) is 27.2 Å². The zero-order valence-electron chi connectivity index (χ0n) is 18.0. The largest absolute Gasteiger partial charge is 0.418 e. The number of hydrogen-bond acceptors (Lipinski definition) is 4. The van der Waals surface area contributed by atoms with E-state index < -0.39 is 11.8 Å². The van der Waals surface area contributed by atoms with Crippen LogP contribution in [0.15, 0.2) is 70.9 Å². The van der Waals surface area contributed by atoms with Gasteiger partial charge in [0.15, 0.2) is 11.5 Å². The van der Waals surface area contributed by atoms with Gasteiger partial charge in [-0.2, -0.15) is 0 Å². The molecule has 5 heteroatoms. The van der Waals surface area contributed by atoms with Gasteiger partial charge >= 0.3 is 5.97 Å². The minimum Gasteiger partial charge on any atom is -0.418 e. The molecule has 1 aliphatic carbocycles. The number of esters is 1. The van der Waals surface area contributed by atoms with Crippen LogP contribution < -0.4 is 0 Å².